The summed E-state index contributed by atoms with van der Waals surface area (Å²) in [6.45, 7) is 7.01. The summed E-state index contributed by atoms with van der Waals surface area (Å²) in [5.41, 5.74) is 2.51. The Bertz CT molecular complexity index is 467. The van der Waals surface area contributed by atoms with Gasteiger partial charge in [0.1, 0.15) is 0 Å². The van der Waals surface area contributed by atoms with Crippen molar-refractivity contribution >= 4 is 17.8 Å². The highest BCUT2D eigenvalue weighted by atomic mass is 15.4. The van der Waals surface area contributed by atoms with Gasteiger partial charge in [0.05, 0.1) is 0 Å². The van der Waals surface area contributed by atoms with Gasteiger partial charge >= 0.3 is 0 Å². The lowest BCUT2D eigenvalue weighted by molar-refractivity contribution is 0.209. The minimum Gasteiger partial charge on any atom is -0.352 e. The van der Waals surface area contributed by atoms with Gasteiger partial charge in [0.25, 0.3) is 0 Å². The summed E-state index contributed by atoms with van der Waals surface area (Å²) >= 11 is 0. The van der Waals surface area contributed by atoms with Crippen LogP contribution < -0.4 is 21.5 Å². The second-order valence-corrected chi connectivity index (χ2v) is 6.18. The number of rotatable bonds is 6. The van der Waals surface area contributed by atoms with Gasteiger partial charge in [-0.3, -0.25) is 5.43 Å². The Morgan fingerprint density at radius 3 is 2.33 bits per heavy atom. The Morgan fingerprint density at radius 2 is 1.76 bits per heavy atom. The Labute approximate surface area is 126 Å². The van der Waals surface area contributed by atoms with E-state index in [0.29, 0.717) is 17.8 Å². The predicted octanol–water partition coefficient (Wildman–Crippen LogP) is 0.510. The molecule has 1 aliphatic rings. The van der Waals surface area contributed by atoms with Crippen molar-refractivity contribution in [1.82, 2.24) is 19.9 Å². The number of nitrogens with two attached hydrogens (primary N) is 1. The molecule has 0 aliphatic carbocycles. The first-order valence-electron chi connectivity index (χ1n) is 7.31. The zero-order valence-corrected chi connectivity index (χ0v) is 13.3. The molecule has 0 radical (unpaired) electrons. The van der Waals surface area contributed by atoms with Gasteiger partial charge in [-0.1, -0.05) is 0 Å². The molecule has 1 aliphatic heterocycles. The highest BCUT2D eigenvalue weighted by Crippen LogP contribution is 2.19. The first kappa shape index (κ1) is 15.7. The lowest BCUT2D eigenvalue weighted by atomic mass is 10.1. The molecule has 2 heterocycles. The fraction of sp³-hybridized carbons (Fsp3) is 0.769. The number of likely N-dealkylation sites (N-methyl/N-ethyl adjacent to an activating group) is 1. The number of nitrogens with one attached hydrogen (secondary N) is 2. The summed E-state index contributed by atoms with van der Waals surface area (Å²) in [5, 5.41) is 3.28. The minimum absolute atomic E-state index is 0.00323. The quantitative estimate of drug-likeness (QED) is 0.516. The lowest BCUT2D eigenvalue weighted by Gasteiger charge is -2.32. The molecular weight excluding hydrogens is 268 g/mol. The second-order valence-electron chi connectivity index (χ2n) is 6.18. The van der Waals surface area contributed by atoms with Crippen LogP contribution in [-0.4, -0.2) is 59.1 Å². The van der Waals surface area contributed by atoms with Crippen LogP contribution in [0.3, 0.4) is 0 Å². The molecule has 8 nitrogen and oxygen atoms in total. The van der Waals surface area contributed by atoms with Gasteiger partial charge in [-0.25, -0.2) is 5.84 Å². The van der Waals surface area contributed by atoms with Gasteiger partial charge in [0.15, 0.2) is 0 Å². The van der Waals surface area contributed by atoms with Crippen molar-refractivity contribution in [1.29, 1.82) is 0 Å². The lowest BCUT2D eigenvalue weighted by Crippen LogP contribution is -2.44. The van der Waals surface area contributed by atoms with Gasteiger partial charge in [0.2, 0.25) is 17.8 Å². The van der Waals surface area contributed by atoms with E-state index in [1.54, 1.807) is 0 Å². The summed E-state index contributed by atoms with van der Waals surface area (Å²) in [6.07, 6.45) is 2.35. The van der Waals surface area contributed by atoms with E-state index >= 15 is 0 Å². The zero-order chi connectivity index (χ0) is 15.5. The summed E-state index contributed by atoms with van der Waals surface area (Å²) < 4.78 is 0. The second kappa shape index (κ2) is 6.40. The van der Waals surface area contributed by atoms with Crippen molar-refractivity contribution in [2.24, 2.45) is 5.84 Å². The molecule has 0 saturated carbocycles. The maximum absolute atomic E-state index is 5.46. The van der Waals surface area contributed by atoms with Crippen LogP contribution in [0, 0.1) is 0 Å². The largest absolute Gasteiger partial charge is 0.352 e. The molecule has 0 spiro atoms. The molecule has 0 bridgehead atoms. The van der Waals surface area contributed by atoms with Gasteiger partial charge in [-0.15, -0.1) is 0 Å². The third-order valence-corrected chi connectivity index (χ3v) is 4.03. The van der Waals surface area contributed by atoms with E-state index < -0.39 is 0 Å². The van der Waals surface area contributed by atoms with Crippen molar-refractivity contribution in [3.63, 3.8) is 0 Å². The molecule has 2 rings (SSSR count). The molecule has 1 aromatic heterocycles. The van der Waals surface area contributed by atoms with Crippen molar-refractivity contribution in [2.75, 3.05) is 49.4 Å². The van der Waals surface area contributed by atoms with Crippen LogP contribution in [0.25, 0.3) is 0 Å². The van der Waals surface area contributed by atoms with Gasteiger partial charge < -0.3 is 15.1 Å². The fourth-order valence-electron chi connectivity index (χ4n) is 2.02. The molecule has 1 saturated heterocycles. The van der Waals surface area contributed by atoms with E-state index in [1.165, 1.54) is 12.8 Å². The average molecular weight is 294 g/mol. The van der Waals surface area contributed by atoms with E-state index in [-0.39, 0.29) is 5.54 Å². The Kier molecular flexibility index (Phi) is 4.79. The highest BCUT2D eigenvalue weighted by molar-refractivity contribution is 5.44. The molecule has 0 amide bonds. The zero-order valence-electron chi connectivity index (χ0n) is 13.3. The van der Waals surface area contributed by atoms with Gasteiger partial charge in [-0.2, -0.15) is 15.0 Å². The SMILES string of the molecule is CN(C)C(C)(C)CNc1nc(NN)nc(N2CCCC2)n1. The molecule has 118 valence electrons. The van der Waals surface area contributed by atoms with Crippen LogP contribution in [0.4, 0.5) is 17.8 Å². The van der Waals surface area contributed by atoms with E-state index in [0.717, 1.165) is 19.6 Å². The summed E-state index contributed by atoms with van der Waals surface area (Å²) in [6, 6.07) is 0. The van der Waals surface area contributed by atoms with Crippen molar-refractivity contribution in [3.05, 3.63) is 0 Å². The summed E-state index contributed by atoms with van der Waals surface area (Å²) in [5.74, 6) is 7.08. The number of nitrogen functional groups attached to an aromatic ring is 1. The third kappa shape index (κ3) is 3.92. The van der Waals surface area contributed by atoms with Crippen LogP contribution in [0.1, 0.15) is 26.7 Å². The number of aromatic nitrogens is 3. The molecule has 0 atom stereocenters. The molecule has 0 unspecified atom stereocenters. The van der Waals surface area contributed by atoms with Gasteiger partial charge in [0, 0.05) is 25.2 Å². The van der Waals surface area contributed by atoms with Crippen LogP contribution >= 0.6 is 0 Å². The maximum atomic E-state index is 5.46. The van der Waals surface area contributed by atoms with Crippen LogP contribution in [0.5, 0.6) is 0 Å². The van der Waals surface area contributed by atoms with Gasteiger partial charge in [-0.05, 0) is 40.8 Å². The van der Waals surface area contributed by atoms with E-state index in [4.69, 9.17) is 5.84 Å². The predicted molar refractivity (Wildman–Crippen MR) is 85.3 cm³/mol. The molecule has 8 heteroatoms. The van der Waals surface area contributed by atoms with Crippen molar-refractivity contribution in [3.8, 4) is 0 Å². The normalized spacial score (nSPS) is 15.6. The average Bonchev–Trinajstić information content (AvgIpc) is 2.99. The Balaban J connectivity index is 2.13. The highest BCUT2D eigenvalue weighted by Gasteiger charge is 2.22. The number of hydrogen-bond donors (Lipinski definition) is 3. The standard InChI is InChI=1S/C13H26N8/c1-13(2,20(3)4)9-15-10-16-11(19-14)18-12(17-10)21-7-5-6-8-21/h5-9,14H2,1-4H3,(H2,15,16,17,18,19). The summed E-state index contributed by atoms with van der Waals surface area (Å²) in [7, 11) is 4.11. The topological polar surface area (TPSA) is 95.2 Å². The van der Waals surface area contributed by atoms with Crippen molar-refractivity contribution in [2.45, 2.75) is 32.2 Å². The fourth-order valence-corrected chi connectivity index (χ4v) is 2.02. The maximum Gasteiger partial charge on any atom is 0.243 e. The smallest absolute Gasteiger partial charge is 0.243 e. The Morgan fingerprint density at radius 1 is 1.14 bits per heavy atom. The van der Waals surface area contributed by atoms with Crippen molar-refractivity contribution < 1.29 is 0 Å². The monoisotopic (exact) mass is 294 g/mol. The van der Waals surface area contributed by atoms with E-state index in [9.17, 15) is 0 Å². The molecular formula is C13H26N8. The number of hydrogen-bond acceptors (Lipinski definition) is 8. The number of nitrogens with zero attached hydrogens (tertiary/aromatic N) is 5. The molecule has 21 heavy (non-hydrogen) atoms. The Hall–Kier alpha value is -1.67. The number of anilines is 3. The number of hydrazine groups is 1. The molecule has 0 aromatic carbocycles. The first-order chi connectivity index (χ1) is 9.92. The minimum atomic E-state index is -0.00323. The van der Waals surface area contributed by atoms with Crippen LogP contribution in [0.2, 0.25) is 0 Å². The van der Waals surface area contributed by atoms with Crippen LogP contribution in [0.15, 0.2) is 0 Å². The molecule has 1 fully saturated rings. The van der Waals surface area contributed by atoms with Crippen LogP contribution in [-0.2, 0) is 0 Å². The van der Waals surface area contributed by atoms with E-state index in [2.05, 4.69) is 63.4 Å². The van der Waals surface area contributed by atoms with E-state index in [1.807, 2.05) is 0 Å². The molecule has 4 N–H and O–H groups in total. The first-order valence-corrected chi connectivity index (χ1v) is 7.31. The molecule has 1 aromatic rings. The third-order valence-electron chi connectivity index (χ3n) is 4.03. The summed E-state index contributed by atoms with van der Waals surface area (Å²) in [4.78, 5) is 17.4.